The van der Waals surface area contributed by atoms with Crippen LogP contribution in [0.25, 0.3) is 0 Å². The molecule has 2 fully saturated rings. The van der Waals surface area contributed by atoms with Gasteiger partial charge in [0.25, 0.3) is 0 Å². The number of anilines is 1. The fourth-order valence-corrected chi connectivity index (χ4v) is 7.08. The maximum atomic E-state index is 13.7. The van der Waals surface area contributed by atoms with E-state index < -0.39 is 42.2 Å². The van der Waals surface area contributed by atoms with Gasteiger partial charge in [-0.05, 0) is 44.7 Å². The quantitative estimate of drug-likeness (QED) is 0.298. The fraction of sp³-hybridized carbons (Fsp3) is 0.545. The number of nitrogen functional groups attached to an aromatic ring is 1. The number of nitrogens with zero attached hydrogens (tertiary/aromatic N) is 3. The van der Waals surface area contributed by atoms with Gasteiger partial charge in [-0.2, -0.15) is 10.1 Å². The Morgan fingerprint density at radius 2 is 2.06 bits per heavy atom. The van der Waals surface area contributed by atoms with E-state index in [1.165, 1.54) is 29.6 Å². The largest absolute Gasteiger partial charge is 0.461 e. The Balaban J connectivity index is 1.42. The Morgan fingerprint density at radius 3 is 2.75 bits per heavy atom. The lowest BCUT2D eigenvalue weighted by molar-refractivity contribution is -0.150. The molecule has 0 radical (unpaired) electrons. The average Bonchev–Trinajstić information content (AvgIpc) is 3.47. The highest BCUT2D eigenvalue weighted by molar-refractivity contribution is 8.00. The minimum absolute atomic E-state index is 0.134. The third-order valence-electron chi connectivity index (χ3n) is 5.93. The van der Waals surface area contributed by atoms with Crippen molar-refractivity contribution in [3.8, 4) is 5.75 Å². The van der Waals surface area contributed by atoms with E-state index in [0.29, 0.717) is 0 Å². The lowest BCUT2D eigenvalue weighted by atomic mass is 10.2. The summed E-state index contributed by atoms with van der Waals surface area (Å²) in [4.78, 5) is 32.2. The Hall–Kier alpha value is -2.44. The van der Waals surface area contributed by atoms with Crippen LogP contribution in [0.4, 0.5) is 5.95 Å². The first-order chi connectivity index (χ1) is 17.2. The second-order valence-electron chi connectivity index (χ2n) is 8.73. The maximum Gasteiger partial charge on any atom is 0.459 e. The van der Waals surface area contributed by atoms with Gasteiger partial charge in [-0.25, -0.2) is 14.3 Å². The summed E-state index contributed by atoms with van der Waals surface area (Å²) in [5, 5.41) is 12.3. The minimum Gasteiger partial charge on any atom is -0.461 e. The topological polar surface area (TPSA) is 168 Å². The highest BCUT2D eigenvalue weighted by atomic mass is 32.2. The molecule has 196 valence electrons. The first-order valence-corrected chi connectivity index (χ1v) is 14.2. The van der Waals surface area contributed by atoms with E-state index in [4.69, 9.17) is 19.5 Å². The van der Waals surface area contributed by atoms with E-state index in [9.17, 15) is 19.3 Å². The molecular weight excluding hydrogens is 509 g/mol. The number of carbonyl (C=O) groups excluding carboxylic acids is 1. The summed E-state index contributed by atoms with van der Waals surface area (Å²) in [5.41, 5.74) is 4.87. The number of aromatic nitrogens is 3. The highest BCUT2D eigenvalue weighted by Gasteiger charge is 2.39. The molecule has 1 aromatic carbocycles. The second-order valence-corrected chi connectivity index (χ2v) is 11.8. The monoisotopic (exact) mass is 539 g/mol. The summed E-state index contributed by atoms with van der Waals surface area (Å²) in [6.45, 7) is 1.36. The summed E-state index contributed by atoms with van der Waals surface area (Å²) in [5.74, 6) is -0.390. The predicted molar refractivity (Wildman–Crippen MR) is 133 cm³/mol. The molecule has 0 spiro atoms. The zero-order valence-corrected chi connectivity index (χ0v) is 21.5. The Kier molecular flexibility index (Phi) is 8.68. The normalized spacial score (nSPS) is 24.8. The van der Waals surface area contributed by atoms with Crippen molar-refractivity contribution < 1.29 is 28.3 Å². The summed E-state index contributed by atoms with van der Waals surface area (Å²) < 4.78 is 31.9. The molecule has 2 aliphatic rings. The van der Waals surface area contributed by atoms with Crippen molar-refractivity contribution in [1.82, 2.24) is 19.6 Å². The molecule has 14 heteroatoms. The van der Waals surface area contributed by atoms with Crippen LogP contribution in [0.15, 0.2) is 41.5 Å². The number of nitrogens with one attached hydrogen (secondary N) is 1. The van der Waals surface area contributed by atoms with Gasteiger partial charge in [0.1, 0.15) is 24.2 Å². The van der Waals surface area contributed by atoms with Crippen LogP contribution in [0, 0.1) is 0 Å². The zero-order chi connectivity index (χ0) is 25.7. The number of thioether (sulfide) groups is 1. The number of ether oxygens (including phenoxy) is 1. The molecule has 1 saturated heterocycles. The van der Waals surface area contributed by atoms with Crippen LogP contribution >= 0.6 is 19.5 Å². The van der Waals surface area contributed by atoms with Crippen molar-refractivity contribution >= 4 is 31.4 Å². The van der Waals surface area contributed by atoms with Gasteiger partial charge in [0.15, 0.2) is 0 Å². The van der Waals surface area contributed by atoms with E-state index in [1.54, 1.807) is 30.3 Å². The van der Waals surface area contributed by atoms with Gasteiger partial charge < -0.3 is 20.1 Å². The Labute approximate surface area is 212 Å². The summed E-state index contributed by atoms with van der Waals surface area (Å²) in [6, 6.07) is 7.47. The Morgan fingerprint density at radius 1 is 1.33 bits per heavy atom. The smallest absolute Gasteiger partial charge is 0.459 e. The number of carbonyl (C=O) groups is 1. The summed E-state index contributed by atoms with van der Waals surface area (Å²) in [7, 11) is -4.07. The van der Waals surface area contributed by atoms with Crippen molar-refractivity contribution in [2.45, 2.75) is 67.9 Å². The van der Waals surface area contributed by atoms with Crippen LogP contribution in [0.1, 0.15) is 44.4 Å². The third kappa shape index (κ3) is 6.86. The van der Waals surface area contributed by atoms with Crippen molar-refractivity contribution in [3.63, 3.8) is 0 Å². The van der Waals surface area contributed by atoms with Crippen molar-refractivity contribution in [2.75, 3.05) is 12.3 Å². The van der Waals surface area contributed by atoms with Crippen molar-refractivity contribution in [1.29, 1.82) is 0 Å². The number of aliphatic hydroxyl groups excluding tert-OH is 1. The maximum absolute atomic E-state index is 13.7. The van der Waals surface area contributed by atoms with Gasteiger partial charge >= 0.3 is 19.4 Å². The molecule has 2 unspecified atom stereocenters. The van der Waals surface area contributed by atoms with Gasteiger partial charge in [-0.1, -0.05) is 18.2 Å². The van der Waals surface area contributed by atoms with E-state index >= 15 is 0 Å². The third-order valence-corrected chi connectivity index (χ3v) is 9.11. The lowest BCUT2D eigenvalue weighted by Crippen LogP contribution is -2.37. The lowest BCUT2D eigenvalue weighted by Gasteiger charge is -2.25. The van der Waals surface area contributed by atoms with Crippen LogP contribution in [-0.2, 0) is 18.6 Å². The number of para-hydroxylation sites is 1. The number of rotatable bonds is 10. The molecule has 36 heavy (non-hydrogen) atoms. The predicted octanol–water partition coefficient (Wildman–Crippen LogP) is 2.25. The van der Waals surface area contributed by atoms with Gasteiger partial charge in [-0.15, -0.1) is 11.8 Å². The van der Waals surface area contributed by atoms with E-state index in [2.05, 4.69) is 15.1 Å². The fourth-order valence-electron chi connectivity index (χ4n) is 4.03. The molecule has 5 atom stereocenters. The van der Waals surface area contributed by atoms with Gasteiger partial charge in [0, 0.05) is 6.42 Å². The number of nitrogens with two attached hydrogens (primary N) is 1. The molecule has 0 bridgehead atoms. The first kappa shape index (κ1) is 26.6. The van der Waals surface area contributed by atoms with Gasteiger partial charge in [0.2, 0.25) is 5.95 Å². The molecule has 2 heterocycles. The van der Waals surface area contributed by atoms with Crippen LogP contribution in [0.2, 0.25) is 0 Å². The molecular formula is C22H30N5O7PS. The van der Waals surface area contributed by atoms with Crippen molar-refractivity contribution in [2.24, 2.45) is 0 Å². The molecule has 4 rings (SSSR count). The molecule has 1 aliphatic heterocycles. The van der Waals surface area contributed by atoms with E-state index in [0.717, 1.165) is 25.7 Å². The number of esters is 1. The molecule has 1 aliphatic carbocycles. The van der Waals surface area contributed by atoms with Crippen LogP contribution in [-0.4, -0.2) is 55.7 Å². The van der Waals surface area contributed by atoms with Crippen LogP contribution in [0.5, 0.6) is 5.75 Å². The summed E-state index contributed by atoms with van der Waals surface area (Å²) >= 11 is 1.26. The minimum atomic E-state index is -4.07. The molecule has 12 nitrogen and oxygen atoms in total. The molecule has 1 aromatic heterocycles. The molecule has 4 N–H and O–H groups in total. The highest BCUT2D eigenvalue weighted by Crippen LogP contribution is 2.48. The number of aliphatic hydroxyl groups is 1. The first-order valence-electron chi connectivity index (χ1n) is 11.7. The molecule has 1 saturated carbocycles. The van der Waals surface area contributed by atoms with Crippen LogP contribution in [0.3, 0.4) is 0 Å². The molecule has 0 amide bonds. The Bertz CT molecular complexity index is 1150. The van der Waals surface area contributed by atoms with Gasteiger partial charge in [0.05, 0.1) is 23.3 Å². The number of hydrogen-bond acceptors (Lipinski definition) is 11. The summed E-state index contributed by atoms with van der Waals surface area (Å²) in [6.07, 6.45) is 4.15. The number of benzene rings is 1. The van der Waals surface area contributed by atoms with Crippen molar-refractivity contribution in [3.05, 3.63) is 47.1 Å². The molecule has 2 aromatic rings. The second kappa shape index (κ2) is 11.7. The standard InChI is InChI=1S/C22H30N5O7PS/c1-14(20(29)33-15-7-5-6-8-15)26-35(31,34-16-9-3-2-4-10-16)32-12-18-17(28)11-19(36-18)27-13-24-21(23)25-22(27)30/h2-4,9-10,13-15,17-19,28H,5-8,11-12H2,1H3,(H,26,31)(H2,23,25,30)/t14-,17?,18+,19+,35?/m0/s1. The van der Waals surface area contributed by atoms with Gasteiger partial charge in [-0.3, -0.25) is 13.9 Å². The SMILES string of the molecule is C[C@H](NP(=O)(OC[C@H]1S[C@@H](n2cnc(N)nc2=O)CC1O)Oc1ccccc1)C(=O)OC1CCCC1. The zero-order valence-electron chi connectivity index (χ0n) is 19.8. The van der Waals surface area contributed by atoms with E-state index in [-0.39, 0.29) is 30.8 Å². The van der Waals surface area contributed by atoms with Crippen LogP contribution < -0.4 is 21.0 Å². The average molecular weight is 540 g/mol. The number of hydrogen-bond donors (Lipinski definition) is 3. The van der Waals surface area contributed by atoms with E-state index in [1.807, 2.05) is 0 Å².